The number of ether oxygens (including phenoxy) is 1. The Bertz CT molecular complexity index is 1550. The number of carbonyl (C=O) groups excluding carboxylic acids is 1. The summed E-state index contributed by atoms with van der Waals surface area (Å²) in [5, 5.41) is 14.7. The van der Waals surface area contributed by atoms with E-state index in [1.54, 1.807) is 6.07 Å². The minimum Gasteiger partial charge on any atom is -0.496 e. The van der Waals surface area contributed by atoms with Gasteiger partial charge in [-0.25, -0.2) is 9.97 Å². The van der Waals surface area contributed by atoms with Crippen molar-refractivity contribution in [2.75, 3.05) is 18.2 Å². The van der Waals surface area contributed by atoms with Gasteiger partial charge in [0.2, 0.25) is 5.91 Å². The number of anilines is 1. The van der Waals surface area contributed by atoms with Crippen LogP contribution in [0.25, 0.3) is 21.3 Å². The highest BCUT2D eigenvalue weighted by atomic mass is 32.2. The molecule has 2 heterocycles. The highest BCUT2D eigenvalue weighted by molar-refractivity contribution is 8.00. The molecule has 0 aliphatic rings. The van der Waals surface area contributed by atoms with Gasteiger partial charge in [-0.1, -0.05) is 35.7 Å². The van der Waals surface area contributed by atoms with Gasteiger partial charge < -0.3 is 15.0 Å². The quantitative estimate of drug-likeness (QED) is 0.131. The number of non-ortho nitro benzene ring substituents is 1. The first-order valence-electron chi connectivity index (χ1n) is 10.7. The normalized spacial score (nSPS) is 11.1. The van der Waals surface area contributed by atoms with Gasteiger partial charge in [0, 0.05) is 29.1 Å². The third kappa shape index (κ3) is 5.45. The summed E-state index contributed by atoms with van der Waals surface area (Å²) < 4.78 is 7.10. The van der Waals surface area contributed by atoms with Crippen LogP contribution < -0.4 is 10.1 Å². The summed E-state index contributed by atoms with van der Waals surface area (Å²) in [5.41, 5.74) is 4.07. The van der Waals surface area contributed by atoms with Gasteiger partial charge >= 0.3 is 0 Å². The zero-order valence-corrected chi connectivity index (χ0v) is 21.3. The number of nitro benzene ring substituents is 1. The third-order valence-corrected chi connectivity index (χ3v) is 8.27. The fourth-order valence-electron chi connectivity index (χ4n) is 3.50. The summed E-state index contributed by atoms with van der Waals surface area (Å²) in [6.07, 6.45) is 0. The van der Waals surface area contributed by atoms with Gasteiger partial charge in [-0.2, -0.15) is 0 Å². The van der Waals surface area contributed by atoms with Crippen molar-refractivity contribution in [2.24, 2.45) is 0 Å². The van der Waals surface area contributed by atoms with Crippen LogP contribution in [-0.2, 0) is 10.5 Å². The van der Waals surface area contributed by atoms with Crippen molar-refractivity contribution < 1.29 is 14.5 Å². The minimum atomic E-state index is -0.420. The first-order valence-corrected chi connectivity index (χ1v) is 13.5. The van der Waals surface area contributed by atoms with E-state index in [0.717, 1.165) is 31.2 Å². The number of nitrogens with zero attached hydrogens (tertiary/aromatic N) is 3. The monoisotopic (exact) mass is 537 g/mol. The van der Waals surface area contributed by atoms with E-state index in [1.807, 2.05) is 42.5 Å². The second kappa shape index (κ2) is 10.6. The number of nitrogens with one attached hydrogen (secondary N) is 2. The van der Waals surface area contributed by atoms with Crippen molar-refractivity contribution in [1.29, 1.82) is 0 Å². The Hall–Kier alpha value is -3.61. The van der Waals surface area contributed by atoms with Gasteiger partial charge in [-0.15, -0.1) is 11.3 Å². The number of amides is 1. The molecule has 0 radical (unpaired) electrons. The summed E-state index contributed by atoms with van der Waals surface area (Å²) in [6, 6.07) is 17.9. The van der Waals surface area contributed by atoms with E-state index < -0.39 is 4.92 Å². The lowest BCUT2D eigenvalue weighted by atomic mass is 10.2. The standard InChI is InChI=1S/C24H19N5O4S3/c1-33-20-9-7-16(29(31)32)10-14(20)12-35-24-28-19-8-6-15(11-21(19)36-24)25-22(30)13-34-23-26-17-4-2-3-5-18(17)27-23/h2-11H,12-13H2,1H3,(H,25,30)(H,26,27). The first kappa shape index (κ1) is 24.1. The number of hydrogen-bond donors (Lipinski definition) is 2. The number of fused-ring (bicyclic) bond motifs is 2. The number of H-pyrrole nitrogens is 1. The number of thioether (sulfide) groups is 2. The lowest BCUT2D eigenvalue weighted by Crippen LogP contribution is -2.13. The van der Waals surface area contributed by atoms with Crippen LogP contribution in [0.5, 0.6) is 5.75 Å². The fraction of sp³-hybridized carbons (Fsp3) is 0.125. The summed E-state index contributed by atoms with van der Waals surface area (Å²) in [6.45, 7) is 0. The molecule has 5 rings (SSSR count). The smallest absolute Gasteiger partial charge is 0.270 e. The Labute approximate surface area is 217 Å². The Balaban J connectivity index is 1.22. The number of methoxy groups -OCH3 is 1. The molecule has 1 amide bonds. The number of thiazole rings is 1. The number of aromatic nitrogens is 3. The van der Waals surface area contributed by atoms with E-state index in [0.29, 0.717) is 22.3 Å². The topological polar surface area (TPSA) is 123 Å². The van der Waals surface area contributed by atoms with Crippen LogP contribution in [0, 0.1) is 10.1 Å². The molecular weight excluding hydrogens is 518 g/mol. The van der Waals surface area contributed by atoms with Crippen LogP contribution in [0.15, 0.2) is 70.2 Å². The molecule has 36 heavy (non-hydrogen) atoms. The number of nitro groups is 1. The predicted octanol–water partition coefficient (Wildman–Crippen LogP) is 6.11. The minimum absolute atomic E-state index is 0.0227. The van der Waals surface area contributed by atoms with E-state index in [2.05, 4.69) is 20.3 Å². The van der Waals surface area contributed by atoms with Crippen LogP contribution in [0.4, 0.5) is 11.4 Å². The Morgan fingerprint density at radius 1 is 1.11 bits per heavy atom. The maximum absolute atomic E-state index is 12.5. The average Bonchev–Trinajstić information content (AvgIpc) is 3.49. The number of aromatic amines is 1. The van der Waals surface area contributed by atoms with Crippen LogP contribution in [0.3, 0.4) is 0 Å². The number of imidazole rings is 1. The lowest BCUT2D eigenvalue weighted by molar-refractivity contribution is -0.384. The number of benzene rings is 3. The van der Waals surface area contributed by atoms with Gasteiger partial charge in [0.25, 0.3) is 5.69 Å². The Kier molecular flexibility index (Phi) is 7.07. The Morgan fingerprint density at radius 3 is 2.78 bits per heavy atom. The number of para-hydroxylation sites is 2. The molecule has 0 spiro atoms. The van der Waals surface area contributed by atoms with Crippen molar-refractivity contribution in [3.8, 4) is 5.75 Å². The van der Waals surface area contributed by atoms with Gasteiger partial charge in [-0.3, -0.25) is 14.9 Å². The summed E-state index contributed by atoms with van der Waals surface area (Å²) in [7, 11) is 1.54. The molecular formula is C24H19N5O4S3. The number of hydrogen-bond acceptors (Lipinski definition) is 9. The second-order valence-corrected chi connectivity index (χ2v) is 10.8. The van der Waals surface area contributed by atoms with Gasteiger partial charge in [-0.05, 0) is 36.4 Å². The van der Waals surface area contributed by atoms with E-state index in [9.17, 15) is 14.9 Å². The van der Waals surface area contributed by atoms with E-state index in [-0.39, 0.29) is 17.3 Å². The van der Waals surface area contributed by atoms with Crippen molar-refractivity contribution >= 4 is 73.4 Å². The molecule has 0 bridgehead atoms. The molecule has 0 fully saturated rings. The van der Waals surface area contributed by atoms with Crippen molar-refractivity contribution in [3.05, 3.63) is 76.3 Å². The largest absolute Gasteiger partial charge is 0.496 e. The molecule has 0 atom stereocenters. The summed E-state index contributed by atoms with van der Waals surface area (Å²) in [4.78, 5) is 35.5. The summed E-state index contributed by atoms with van der Waals surface area (Å²) in [5.74, 6) is 1.18. The molecule has 182 valence electrons. The molecule has 12 heteroatoms. The van der Waals surface area contributed by atoms with Gasteiger partial charge in [0.15, 0.2) is 9.50 Å². The van der Waals surface area contributed by atoms with Gasteiger partial charge in [0.1, 0.15) is 5.75 Å². The molecule has 0 saturated heterocycles. The van der Waals surface area contributed by atoms with Crippen LogP contribution in [0.1, 0.15) is 5.56 Å². The maximum Gasteiger partial charge on any atom is 0.270 e. The van der Waals surface area contributed by atoms with E-state index in [4.69, 9.17) is 4.74 Å². The molecule has 2 aromatic heterocycles. The van der Waals surface area contributed by atoms with Gasteiger partial charge in [0.05, 0.1) is 39.0 Å². The second-order valence-electron chi connectivity index (χ2n) is 7.60. The third-order valence-electron chi connectivity index (χ3n) is 5.19. The summed E-state index contributed by atoms with van der Waals surface area (Å²) >= 11 is 4.33. The van der Waals surface area contributed by atoms with E-state index >= 15 is 0 Å². The molecule has 2 N–H and O–H groups in total. The molecule has 9 nitrogen and oxygen atoms in total. The highest BCUT2D eigenvalue weighted by Crippen LogP contribution is 2.35. The highest BCUT2D eigenvalue weighted by Gasteiger charge is 2.14. The zero-order chi connectivity index (χ0) is 25.1. The fourth-order valence-corrected chi connectivity index (χ4v) is 6.27. The zero-order valence-electron chi connectivity index (χ0n) is 18.9. The lowest BCUT2D eigenvalue weighted by Gasteiger charge is -2.06. The number of carbonyl (C=O) groups is 1. The molecule has 3 aromatic carbocycles. The molecule has 0 aliphatic heterocycles. The molecule has 0 saturated carbocycles. The van der Waals surface area contributed by atoms with Crippen LogP contribution >= 0.6 is 34.9 Å². The average molecular weight is 538 g/mol. The van der Waals surface area contributed by atoms with Crippen molar-refractivity contribution in [3.63, 3.8) is 0 Å². The number of rotatable bonds is 9. The van der Waals surface area contributed by atoms with Crippen molar-refractivity contribution in [2.45, 2.75) is 15.2 Å². The maximum atomic E-state index is 12.5. The van der Waals surface area contributed by atoms with Crippen LogP contribution in [-0.4, -0.2) is 38.6 Å². The molecule has 0 aliphatic carbocycles. The van der Waals surface area contributed by atoms with E-state index in [1.165, 1.54) is 54.1 Å². The predicted molar refractivity (Wildman–Crippen MR) is 144 cm³/mol. The molecule has 5 aromatic rings. The van der Waals surface area contributed by atoms with Crippen LogP contribution in [0.2, 0.25) is 0 Å². The van der Waals surface area contributed by atoms with Crippen molar-refractivity contribution in [1.82, 2.24) is 15.0 Å². The first-order chi connectivity index (χ1) is 17.5. The molecule has 0 unspecified atom stereocenters. The Morgan fingerprint density at radius 2 is 1.97 bits per heavy atom. The SMILES string of the molecule is COc1ccc([N+](=O)[O-])cc1CSc1nc2ccc(NC(=O)CSc3nc4ccccc4[nH]3)cc2s1.